The average molecular weight is 1240 g/mol. The third-order valence-corrected chi connectivity index (χ3v) is 22.3. The molecule has 0 N–H and O–H groups in total. The van der Waals surface area contributed by atoms with Gasteiger partial charge in [0.25, 0.3) is 0 Å². The summed E-state index contributed by atoms with van der Waals surface area (Å²) >= 11 is 0. The van der Waals surface area contributed by atoms with Crippen molar-refractivity contribution in [3.8, 4) is 0 Å². The monoisotopic (exact) mass is 1240 g/mol. The van der Waals surface area contributed by atoms with Crippen LogP contribution in [-0.4, -0.2) is 140 Å². The minimum Gasteiger partial charge on any atom is -0.465 e. The molecule has 85 heavy (non-hydrogen) atoms. The predicted octanol–water partition coefficient (Wildman–Crippen LogP) is 16.6. The Bertz CT molecular complexity index is 1650. The molecule has 4 saturated heterocycles. The molecule has 500 valence electrons. The fraction of sp³-hybridized carbons (Fsp3) is 0.912. The first kappa shape index (κ1) is 80.8. The SMILES string of the molecule is C=CCCCCCCCCC(=O)OCC1(CC)COC1.CCC1(COC(=O)CCCCCCCCCC[Si](C)(C)C)COC1.CCC1(COC(C)=O)COC1.CCO[Si](CCCCCCCCCCC(=O)OCC1(CC)COC1)(OCC)OCC. The standard InChI is InChI=1S/C23H46O6Si.C20H40O3Si.C17H30O3.C8H14O3/c1-5-23(19-25-20-23)21-26-22(24)17-15-13-11-9-10-12-14-16-18-30(27-6-2,28-7-3)29-8-4;1-5-20(16-22-17-20)18-23-19(21)14-12-10-8-6-7-9-11-13-15-24(2,3)4;1-3-5-6-7-8-9-10-11-12-16(18)20-15-17(4-2)13-19-14-17;1-3-8(4-10-5-8)6-11-7(2)9/h5-21H2,1-4H3;5-18H2,1-4H3;3H,1,4-15H2,2H3;3-6H2,1-2H3. The fourth-order valence-corrected chi connectivity index (χ4v) is 14.2. The number of hydrogen-bond acceptors (Lipinski definition) is 15. The lowest BCUT2D eigenvalue weighted by Gasteiger charge is -2.39. The Hall–Kier alpha value is -2.23. The molecule has 0 saturated carbocycles. The molecule has 4 rings (SSSR count). The molecule has 0 spiro atoms. The highest BCUT2D eigenvalue weighted by Crippen LogP contribution is 2.34. The first-order valence-corrected chi connectivity index (χ1v) is 39.9. The lowest BCUT2D eigenvalue weighted by atomic mass is 9.84. The lowest BCUT2D eigenvalue weighted by molar-refractivity contribution is -0.171. The number of ether oxygens (including phenoxy) is 8. The van der Waals surface area contributed by atoms with Gasteiger partial charge in [0.1, 0.15) is 26.4 Å². The maximum Gasteiger partial charge on any atom is 0.500 e. The molecule has 4 fully saturated rings. The number of carbonyl (C=O) groups is 4. The van der Waals surface area contributed by atoms with Crippen molar-refractivity contribution in [1.29, 1.82) is 0 Å². The Morgan fingerprint density at radius 3 is 0.882 bits per heavy atom. The number of allylic oxidation sites excluding steroid dienone is 1. The van der Waals surface area contributed by atoms with Crippen LogP contribution in [-0.2, 0) is 70.4 Å². The summed E-state index contributed by atoms with van der Waals surface area (Å²) in [5.74, 6) is -0.331. The second-order valence-corrected chi connectivity index (χ2v) is 34.6. The van der Waals surface area contributed by atoms with Crippen LogP contribution in [0.25, 0.3) is 0 Å². The van der Waals surface area contributed by atoms with Crippen molar-refractivity contribution in [3.63, 3.8) is 0 Å². The zero-order valence-corrected chi connectivity index (χ0v) is 58.6. The van der Waals surface area contributed by atoms with Gasteiger partial charge >= 0.3 is 32.7 Å². The molecule has 0 amide bonds. The Kier molecular flexibility index (Phi) is 46.2. The normalized spacial score (nSPS) is 16.8. The summed E-state index contributed by atoms with van der Waals surface area (Å²) < 4.78 is 59.7. The third-order valence-electron chi connectivity index (χ3n) is 17.3. The molecule has 0 atom stereocenters. The molecule has 4 aliphatic heterocycles. The minimum absolute atomic E-state index is 0.0268. The Morgan fingerprint density at radius 2 is 0.647 bits per heavy atom. The summed E-state index contributed by atoms with van der Waals surface area (Å²) in [5.41, 5.74) is 0.448. The first-order chi connectivity index (χ1) is 40.8. The summed E-state index contributed by atoms with van der Waals surface area (Å²) in [4.78, 5) is 45.8. The van der Waals surface area contributed by atoms with Crippen LogP contribution in [0.15, 0.2) is 12.7 Å². The van der Waals surface area contributed by atoms with Crippen LogP contribution < -0.4 is 0 Å². The number of hydrogen-bond donors (Lipinski definition) is 0. The van der Waals surface area contributed by atoms with Crippen molar-refractivity contribution in [2.75, 3.05) is 99.1 Å². The molecule has 4 aliphatic rings. The van der Waals surface area contributed by atoms with Crippen molar-refractivity contribution < 1.29 is 70.4 Å². The molecule has 0 radical (unpaired) electrons. The predicted molar refractivity (Wildman–Crippen MR) is 348 cm³/mol. The topological polar surface area (TPSA) is 170 Å². The molecule has 0 unspecified atom stereocenters. The van der Waals surface area contributed by atoms with Gasteiger partial charge < -0.3 is 51.2 Å². The molecule has 0 aromatic rings. The van der Waals surface area contributed by atoms with Gasteiger partial charge in [0.2, 0.25) is 0 Å². The molecule has 0 aromatic heterocycles. The van der Waals surface area contributed by atoms with E-state index in [4.69, 9.17) is 51.2 Å². The van der Waals surface area contributed by atoms with Crippen LogP contribution in [0, 0.1) is 21.7 Å². The lowest BCUT2D eigenvalue weighted by Crippen LogP contribution is -2.46. The Balaban J connectivity index is 0.000000593. The van der Waals surface area contributed by atoms with Crippen molar-refractivity contribution in [2.24, 2.45) is 21.7 Å². The van der Waals surface area contributed by atoms with Crippen LogP contribution in [0.1, 0.15) is 248 Å². The van der Waals surface area contributed by atoms with E-state index in [1.807, 2.05) is 26.8 Å². The van der Waals surface area contributed by atoms with E-state index in [0.717, 1.165) is 136 Å². The van der Waals surface area contributed by atoms with E-state index >= 15 is 0 Å². The van der Waals surface area contributed by atoms with Gasteiger partial charge in [-0.05, 0) is 85.0 Å². The number of carbonyl (C=O) groups excluding carboxylic acids is 4. The summed E-state index contributed by atoms with van der Waals surface area (Å²) in [5, 5.41) is 0. The molecular formula is C68H130O15Si2. The molecule has 17 heteroatoms. The number of unbranched alkanes of at least 4 members (excludes halogenated alkanes) is 20. The van der Waals surface area contributed by atoms with Gasteiger partial charge in [-0.3, -0.25) is 19.2 Å². The van der Waals surface area contributed by atoms with Gasteiger partial charge in [-0.2, -0.15) is 0 Å². The second kappa shape index (κ2) is 48.6. The Labute approximate surface area is 522 Å². The molecular weight excluding hydrogens is 1110 g/mol. The van der Waals surface area contributed by atoms with Gasteiger partial charge in [0.05, 0.1) is 74.5 Å². The van der Waals surface area contributed by atoms with E-state index in [1.54, 1.807) is 0 Å². The van der Waals surface area contributed by atoms with Crippen LogP contribution in [0.4, 0.5) is 0 Å². The zero-order chi connectivity index (χ0) is 63.0. The average Bonchev–Trinajstić information content (AvgIpc) is 3.18. The molecule has 4 heterocycles. The van der Waals surface area contributed by atoms with Crippen LogP contribution in [0.3, 0.4) is 0 Å². The van der Waals surface area contributed by atoms with E-state index in [0.29, 0.717) is 65.5 Å². The zero-order valence-electron chi connectivity index (χ0n) is 56.6. The quantitative estimate of drug-likeness (QED) is 0.0185. The smallest absolute Gasteiger partial charge is 0.465 e. The van der Waals surface area contributed by atoms with Crippen LogP contribution in [0.2, 0.25) is 31.7 Å². The van der Waals surface area contributed by atoms with Gasteiger partial charge in [-0.25, -0.2) is 0 Å². The van der Waals surface area contributed by atoms with Gasteiger partial charge in [0, 0.05) is 60.1 Å². The number of rotatable bonds is 49. The van der Waals surface area contributed by atoms with E-state index in [-0.39, 0.29) is 45.5 Å². The van der Waals surface area contributed by atoms with Crippen molar-refractivity contribution in [1.82, 2.24) is 0 Å². The summed E-state index contributed by atoms with van der Waals surface area (Å²) in [6.07, 6.45) is 35.4. The largest absolute Gasteiger partial charge is 0.500 e. The molecule has 15 nitrogen and oxygen atoms in total. The van der Waals surface area contributed by atoms with Crippen molar-refractivity contribution >= 4 is 40.8 Å². The summed E-state index contributed by atoms with van der Waals surface area (Å²) in [7, 11) is -3.29. The Morgan fingerprint density at radius 1 is 0.388 bits per heavy atom. The van der Waals surface area contributed by atoms with Crippen LogP contribution >= 0.6 is 0 Å². The molecule has 0 aromatic carbocycles. The van der Waals surface area contributed by atoms with Gasteiger partial charge in [-0.15, -0.1) is 6.58 Å². The molecule has 0 bridgehead atoms. The van der Waals surface area contributed by atoms with Crippen molar-refractivity contribution in [3.05, 3.63) is 12.7 Å². The second-order valence-electron chi connectivity index (χ2n) is 26.3. The fourth-order valence-electron chi connectivity index (χ4n) is 10.2. The number of esters is 4. The first-order valence-electron chi connectivity index (χ1n) is 34.3. The molecule has 0 aliphatic carbocycles. The van der Waals surface area contributed by atoms with Gasteiger partial charge in [-0.1, -0.05) is 169 Å². The highest BCUT2D eigenvalue weighted by atomic mass is 28.4. The van der Waals surface area contributed by atoms with E-state index in [9.17, 15) is 19.2 Å². The van der Waals surface area contributed by atoms with E-state index < -0.39 is 16.9 Å². The summed E-state index contributed by atoms with van der Waals surface area (Å²) in [6, 6.07) is 2.39. The summed E-state index contributed by atoms with van der Waals surface area (Å²) in [6.45, 7) is 37.0. The highest BCUT2D eigenvalue weighted by molar-refractivity contribution is 6.76. The van der Waals surface area contributed by atoms with E-state index in [2.05, 4.69) is 53.9 Å². The van der Waals surface area contributed by atoms with Gasteiger partial charge in [0.15, 0.2) is 0 Å². The third kappa shape index (κ3) is 38.8. The van der Waals surface area contributed by atoms with Crippen LogP contribution in [0.5, 0.6) is 0 Å². The van der Waals surface area contributed by atoms with E-state index in [1.165, 1.54) is 109 Å². The maximum atomic E-state index is 11.9. The van der Waals surface area contributed by atoms with Crippen molar-refractivity contribution in [2.45, 2.75) is 280 Å². The highest BCUT2D eigenvalue weighted by Gasteiger charge is 2.42. The maximum absolute atomic E-state index is 11.9. The minimum atomic E-state index is -2.46.